The van der Waals surface area contributed by atoms with Gasteiger partial charge in [0.1, 0.15) is 0 Å². The third-order valence-corrected chi connectivity index (χ3v) is 4.55. The van der Waals surface area contributed by atoms with E-state index >= 15 is 0 Å². The van der Waals surface area contributed by atoms with Gasteiger partial charge >= 0.3 is 6.09 Å². The highest BCUT2D eigenvalue weighted by Gasteiger charge is 2.27. The number of benzene rings is 1. The molecule has 0 radical (unpaired) electrons. The second-order valence-electron chi connectivity index (χ2n) is 5.71. The molecule has 0 unspecified atom stereocenters. The minimum Gasteiger partial charge on any atom is -0.450 e. The molecule has 1 aliphatic heterocycles. The van der Waals surface area contributed by atoms with E-state index in [0.717, 1.165) is 5.56 Å². The van der Waals surface area contributed by atoms with Crippen LogP contribution in [0.1, 0.15) is 19.4 Å². The summed E-state index contributed by atoms with van der Waals surface area (Å²) in [6.45, 7) is 6.90. The van der Waals surface area contributed by atoms with Crippen LogP contribution in [-0.2, 0) is 16.1 Å². The number of halogens is 1. The van der Waals surface area contributed by atoms with Gasteiger partial charge in [0.25, 0.3) is 0 Å². The lowest BCUT2D eigenvalue weighted by Gasteiger charge is -2.36. The molecule has 1 atom stereocenters. The highest BCUT2D eigenvalue weighted by molar-refractivity contribution is 6.31. The molecule has 24 heavy (non-hydrogen) atoms. The largest absolute Gasteiger partial charge is 0.450 e. The first kappa shape index (κ1) is 18.5. The van der Waals surface area contributed by atoms with Crippen LogP contribution in [-0.4, -0.2) is 60.6 Å². The zero-order chi connectivity index (χ0) is 17.5. The molecule has 0 bridgehead atoms. The van der Waals surface area contributed by atoms with Crippen molar-refractivity contribution in [3.8, 4) is 0 Å². The minimum atomic E-state index is -0.284. The van der Waals surface area contributed by atoms with Gasteiger partial charge in [-0.15, -0.1) is 0 Å². The van der Waals surface area contributed by atoms with E-state index in [1.165, 1.54) is 0 Å². The lowest BCUT2D eigenvalue weighted by molar-refractivity contribution is -0.126. The Morgan fingerprint density at radius 3 is 2.54 bits per heavy atom. The van der Waals surface area contributed by atoms with Gasteiger partial charge in [-0.2, -0.15) is 0 Å². The zero-order valence-electron chi connectivity index (χ0n) is 14.1. The van der Waals surface area contributed by atoms with Gasteiger partial charge in [0.05, 0.1) is 12.6 Å². The van der Waals surface area contributed by atoms with Crippen molar-refractivity contribution in [3.63, 3.8) is 0 Å². The van der Waals surface area contributed by atoms with Crippen LogP contribution in [0.2, 0.25) is 5.02 Å². The normalized spacial score (nSPS) is 16.5. The van der Waals surface area contributed by atoms with Crippen molar-refractivity contribution in [3.05, 3.63) is 34.9 Å². The summed E-state index contributed by atoms with van der Waals surface area (Å²) in [5, 5.41) is 3.57. The molecule has 6 nitrogen and oxygen atoms in total. The van der Waals surface area contributed by atoms with Crippen molar-refractivity contribution in [2.45, 2.75) is 26.4 Å². The summed E-state index contributed by atoms with van der Waals surface area (Å²) >= 11 is 6.10. The van der Waals surface area contributed by atoms with Crippen LogP contribution < -0.4 is 5.32 Å². The third-order valence-electron chi connectivity index (χ3n) is 4.18. The molecule has 132 valence electrons. The molecule has 0 spiro atoms. The van der Waals surface area contributed by atoms with Gasteiger partial charge in [0.15, 0.2) is 0 Å². The summed E-state index contributed by atoms with van der Waals surface area (Å²) in [6.07, 6.45) is -0.284. The number of rotatable bonds is 5. The molecular weight excluding hydrogens is 330 g/mol. The highest BCUT2D eigenvalue weighted by Crippen LogP contribution is 2.14. The van der Waals surface area contributed by atoms with Crippen molar-refractivity contribution in [1.29, 1.82) is 0 Å². The number of carbonyl (C=O) groups excluding carboxylic acids is 2. The van der Waals surface area contributed by atoms with E-state index in [1.54, 1.807) is 17.9 Å². The third kappa shape index (κ3) is 4.85. The van der Waals surface area contributed by atoms with E-state index in [2.05, 4.69) is 10.2 Å². The van der Waals surface area contributed by atoms with Gasteiger partial charge in [0, 0.05) is 37.7 Å². The van der Waals surface area contributed by atoms with Gasteiger partial charge in [-0.05, 0) is 25.5 Å². The van der Waals surface area contributed by atoms with Crippen molar-refractivity contribution in [1.82, 2.24) is 15.1 Å². The Hall–Kier alpha value is -1.79. The Kier molecular flexibility index (Phi) is 6.87. The standard InChI is InChI=1S/C17H24ClN3O3/c1-3-24-17(23)21-10-8-20(9-11-21)13(2)16(22)19-12-14-6-4-5-7-15(14)18/h4-7,13H,3,8-12H2,1-2H3,(H,19,22)/t13-/m1/s1. The molecule has 1 saturated heterocycles. The van der Waals surface area contributed by atoms with Crippen LogP contribution in [0.25, 0.3) is 0 Å². The van der Waals surface area contributed by atoms with E-state index in [9.17, 15) is 9.59 Å². The van der Waals surface area contributed by atoms with Crippen LogP contribution in [0.5, 0.6) is 0 Å². The predicted molar refractivity (Wildman–Crippen MR) is 92.9 cm³/mol. The molecule has 0 aromatic heterocycles. The fourth-order valence-electron chi connectivity index (χ4n) is 2.64. The van der Waals surface area contributed by atoms with E-state index in [0.29, 0.717) is 44.4 Å². The first-order valence-corrected chi connectivity index (χ1v) is 8.57. The Bertz CT molecular complexity index is 574. The number of hydrogen-bond acceptors (Lipinski definition) is 4. The second kappa shape index (κ2) is 8.89. The lowest BCUT2D eigenvalue weighted by Crippen LogP contribution is -2.55. The number of ether oxygens (including phenoxy) is 1. The molecule has 0 aliphatic carbocycles. The molecule has 2 rings (SSSR count). The van der Waals surface area contributed by atoms with Crippen molar-refractivity contribution in [2.24, 2.45) is 0 Å². The second-order valence-corrected chi connectivity index (χ2v) is 6.11. The number of nitrogens with zero attached hydrogens (tertiary/aromatic N) is 2. The molecule has 1 aromatic rings. The summed E-state index contributed by atoms with van der Waals surface area (Å²) in [5.74, 6) is -0.0421. The fraction of sp³-hybridized carbons (Fsp3) is 0.529. The van der Waals surface area contributed by atoms with Crippen molar-refractivity contribution in [2.75, 3.05) is 32.8 Å². The molecule has 1 heterocycles. The quantitative estimate of drug-likeness (QED) is 0.880. The van der Waals surface area contributed by atoms with Gasteiger partial charge in [0.2, 0.25) is 5.91 Å². The Morgan fingerprint density at radius 1 is 1.25 bits per heavy atom. The Balaban J connectivity index is 1.80. The molecular formula is C17H24ClN3O3. The molecule has 1 fully saturated rings. The number of nitrogens with one attached hydrogen (secondary N) is 1. The van der Waals surface area contributed by atoms with Gasteiger partial charge in [-0.25, -0.2) is 4.79 Å². The Morgan fingerprint density at radius 2 is 1.92 bits per heavy atom. The molecule has 1 N–H and O–H groups in total. The molecule has 0 saturated carbocycles. The number of amides is 2. The molecule has 2 amide bonds. The van der Waals surface area contributed by atoms with Gasteiger partial charge in [-0.1, -0.05) is 29.8 Å². The first-order valence-electron chi connectivity index (χ1n) is 8.19. The highest BCUT2D eigenvalue weighted by atomic mass is 35.5. The molecule has 7 heteroatoms. The zero-order valence-corrected chi connectivity index (χ0v) is 14.9. The van der Waals surface area contributed by atoms with Gasteiger partial charge < -0.3 is 15.0 Å². The molecule has 1 aromatic carbocycles. The number of carbonyl (C=O) groups is 2. The van der Waals surface area contributed by atoms with Crippen LogP contribution >= 0.6 is 11.6 Å². The number of hydrogen-bond donors (Lipinski definition) is 1. The topological polar surface area (TPSA) is 61.9 Å². The van der Waals surface area contributed by atoms with Crippen LogP contribution in [0, 0.1) is 0 Å². The summed E-state index contributed by atoms with van der Waals surface area (Å²) in [7, 11) is 0. The maximum atomic E-state index is 12.3. The maximum Gasteiger partial charge on any atom is 0.409 e. The number of piperazine rings is 1. The van der Waals surface area contributed by atoms with E-state index in [-0.39, 0.29) is 18.0 Å². The van der Waals surface area contributed by atoms with E-state index < -0.39 is 0 Å². The summed E-state index contributed by atoms with van der Waals surface area (Å²) in [6, 6.07) is 7.20. The summed E-state index contributed by atoms with van der Waals surface area (Å²) in [4.78, 5) is 27.8. The fourth-order valence-corrected chi connectivity index (χ4v) is 2.85. The smallest absolute Gasteiger partial charge is 0.409 e. The van der Waals surface area contributed by atoms with Crippen LogP contribution in [0.4, 0.5) is 4.79 Å². The minimum absolute atomic E-state index is 0.0421. The maximum absolute atomic E-state index is 12.3. The summed E-state index contributed by atoms with van der Waals surface area (Å²) < 4.78 is 5.00. The van der Waals surface area contributed by atoms with Gasteiger partial charge in [-0.3, -0.25) is 9.69 Å². The van der Waals surface area contributed by atoms with Crippen molar-refractivity contribution >= 4 is 23.6 Å². The first-order chi connectivity index (χ1) is 11.5. The van der Waals surface area contributed by atoms with E-state index in [1.807, 2.05) is 25.1 Å². The lowest BCUT2D eigenvalue weighted by atomic mass is 10.2. The molecule has 1 aliphatic rings. The van der Waals surface area contributed by atoms with Crippen LogP contribution in [0.15, 0.2) is 24.3 Å². The predicted octanol–water partition coefficient (Wildman–Crippen LogP) is 2.12. The van der Waals surface area contributed by atoms with Crippen molar-refractivity contribution < 1.29 is 14.3 Å². The average molecular weight is 354 g/mol. The SMILES string of the molecule is CCOC(=O)N1CCN([C@H](C)C(=O)NCc2ccccc2Cl)CC1. The average Bonchev–Trinajstić information content (AvgIpc) is 2.60. The van der Waals surface area contributed by atoms with Crippen LogP contribution in [0.3, 0.4) is 0 Å². The van der Waals surface area contributed by atoms with E-state index in [4.69, 9.17) is 16.3 Å². The Labute approximate surface area is 147 Å². The summed E-state index contributed by atoms with van der Waals surface area (Å²) in [5.41, 5.74) is 0.895. The monoisotopic (exact) mass is 353 g/mol.